The van der Waals surface area contributed by atoms with Gasteiger partial charge < -0.3 is 10.4 Å². The molecule has 0 fully saturated rings. The second-order valence-electron chi connectivity index (χ2n) is 6.12. The number of phenols is 1. The molecule has 0 amide bonds. The lowest BCUT2D eigenvalue weighted by atomic mass is 10.2. The molecule has 0 spiro atoms. The van der Waals surface area contributed by atoms with Crippen LogP contribution < -0.4 is 5.32 Å². The van der Waals surface area contributed by atoms with E-state index in [9.17, 15) is 15.2 Å². The Morgan fingerprint density at radius 1 is 0.963 bits per heavy atom. The minimum atomic E-state index is -0.405. The zero-order valence-corrected chi connectivity index (χ0v) is 14.9. The number of azo groups is 1. The molecule has 0 atom stereocenters. The minimum absolute atomic E-state index is 0.0292. The summed E-state index contributed by atoms with van der Waals surface area (Å²) in [7, 11) is 0. The molecule has 0 aliphatic heterocycles. The summed E-state index contributed by atoms with van der Waals surface area (Å²) in [4.78, 5) is 10.8. The molecule has 7 heteroatoms. The summed E-state index contributed by atoms with van der Waals surface area (Å²) < 4.78 is 0. The van der Waals surface area contributed by atoms with E-state index in [1.165, 1.54) is 6.07 Å². The van der Waals surface area contributed by atoms with Crippen molar-refractivity contribution in [3.05, 3.63) is 81.9 Å². The number of nitrogens with one attached hydrogen (secondary N) is 1. The maximum atomic E-state index is 11.2. The van der Waals surface area contributed by atoms with Crippen LogP contribution in [0.1, 0.15) is 11.1 Å². The number of hydrogen-bond donors (Lipinski definition) is 2. The highest BCUT2D eigenvalue weighted by Gasteiger charge is 2.13. The number of rotatable bonds is 5. The Kier molecular flexibility index (Phi) is 5.12. The molecule has 2 N–H and O–H groups in total. The smallest absolute Gasteiger partial charge is 0.292 e. The molecule has 3 aromatic carbocycles. The molecule has 0 radical (unpaired) electrons. The second kappa shape index (κ2) is 7.65. The first-order valence-corrected chi connectivity index (χ1v) is 8.26. The summed E-state index contributed by atoms with van der Waals surface area (Å²) in [5.41, 5.74) is 4.14. The first-order valence-electron chi connectivity index (χ1n) is 8.26. The van der Waals surface area contributed by atoms with Crippen LogP contribution in [0.3, 0.4) is 0 Å². The maximum absolute atomic E-state index is 11.2. The Morgan fingerprint density at radius 2 is 1.70 bits per heavy atom. The Labute approximate surface area is 156 Å². The van der Waals surface area contributed by atoms with Gasteiger partial charge in [0, 0.05) is 11.8 Å². The van der Waals surface area contributed by atoms with Crippen molar-refractivity contribution in [2.45, 2.75) is 13.8 Å². The van der Waals surface area contributed by atoms with Crippen molar-refractivity contribution in [1.29, 1.82) is 0 Å². The third kappa shape index (κ3) is 4.46. The second-order valence-corrected chi connectivity index (χ2v) is 6.12. The van der Waals surface area contributed by atoms with Crippen molar-refractivity contribution < 1.29 is 10.0 Å². The van der Waals surface area contributed by atoms with Gasteiger partial charge >= 0.3 is 0 Å². The van der Waals surface area contributed by atoms with E-state index in [0.717, 1.165) is 11.1 Å². The van der Waals surface area contributed by atoms with E-state index >= 15 is 0 Å². The molecule has 0 heterocycles. The highest BCUT2D eigenvalue weighted by Crippen LogP contribution is 2.30. The van der Waals surface area contributed by atoms with Crippen LogP contribution in [0.4, 0.5) is 28.4 Å². The molecule has 7 nitrogen and oxygen atoms in total. The molecule has 27 heavy (non-hydrogen) atoms. The average Bonchev–Trinajstić information content (AvgIpc) is 2.63. The molecule has 0 unspecified atom stereocenters. The van der Waals surface area contributed by atoms with Crippen LogP contribution in [0.15, 0.2) is 70.9 Å². The highest BCUT2D eigenvalue weighted by molar-refractivity contribution is 5.70. The van der Waals surface area contributed by atoms with Gasteiger partial charge in [0.05, 0.1) is 16.3 Å². The average molecular weight is 362 g/mol. The minimum Gasteiger partial charge on any atom is -0.508 e. The number of nitrogens with zero attached hydrogens (tertiary/aromatic N) is 3. The Balaban J connectivity index is 1.76. The lowest BCUT2D eigenvalue weighted by Crippen LogP contribution is -1.97. The predicted molar refractivity (Wildman–Crippen MR) is 105 cm³/mol. The summed E-state index contributed by atoms with van der Waals surface area (Å²) in [5.74, 6) is 0.187. The first kappa shape index (κ1) is 18.1. The summed E-state index contributed by atoms with van der Waals surface area (Å²) in [6, 6.07) is 17.0. The van der Waals surface area contributed by atoms with Crippen LogP contribution in [0, 0.1) is 24.0 Å². The fraction of sp³-hybridized carbons (Fsp3) is 0.100. The fourth-order valence-electron chi connectivity index (χ4n) is 2.53. The number of aromatic hydroxyl groups is 1. The fourth-order valence-corrected chi connectivity index (χ4v) is 2.53. The van der Waals surface area contributed by atoms with Crippen molar-refractivity contribution in [2.75, 3.05) is 5.32 Å². The predicted octanol–water partition coefficient (Wildman–Crippen LogP) is 6.08. The summed E-state index contributed by atoms with van der Waals surface area (Å²) >= 11 is 0. The summed E-state index contributed by atoms with van der Waals surface area (Å²) in [6.07, 6.45) is 0. The van der Waals surface area contributed by atoms with Gasteiger partial charge in [-0.05, 0) is 73.5 Å². The van der Waals surface area contributed by atoms with Crippen molar-refractivity contribution in [1.82, 2.24) is 0 Å². The molecular formula is C20H18N4O3. The molecule has 0 bridgehead atoms. The van der Waals surface area contributed by atoms with Gasteiger partial charge in [-0.2, -0.15) is 10.2 Å². The van der Waals surface area contributed by atoms with Gasteiger partial charge in [0.1, 0.15) is 11.4 Å². The van der Waals surface area contributed by atoms with Crippen molar-refractivity contribution in [3.8, 4) is 5.75 Å². The van der Waals surface area contributed by atoms with E-state index < -0.39 is 4.92 Å². The molecule has 0 saturated heterocycles. The molecule has 3 aromatic rings. The van der Waals surface area contributed by atoms with E-state index in [0.29, 0.717) is 22.7 Å². The highest BCUT2D eigenvalue weighted by atomic mass is 16.6. The van der Waals surface area contributed by atoms with Gasteiger partial charge in [0.25, 0.3) is 5.69 Å². The zero-order valence-electron chi connectivity index (χ0n) is 14.9. The molecule has 0 aliphatic carbocycles. The maximum Gasteiger partial charge on any atom is 0.292 e. The Bertz CT molecular complexity index is 1010. The summed E-state index contributed by atoms with van der Waals surface area (Å²) in [6.45, 7) is 3.65. The third-order valence-corrected chi connectivity index (χ3v) is 3.95. The van der Waals surface area contributed by atoms with Crippen LogP contribution in [0.25, 0.3) is 0 Å². The van der Waals surface area contributed by atoms with E-state index in [1.807, 2.05) is 19.9 Å². The van der Waals surface area contributed by atoms with Crippen LogP contribution >= 0.6 is 0 Å². The molecule has 0 aromatic heterocycles. The van der Waals surface area contributed by atoms with Crippen molar-refractivity contribution >= 4 is 28.4 Å². The van der Waals surface area contributed by atoms with E-state index in [4.69, 9.17) is 0 Å². The summed E-state index contributed by atoms with van der Waals surface area (Å²) in [5, 5.41) is 32.0. The van der Waals surface area contributed by atoms with Crippen LogP contribution in [0.2, 0.25) is 0 Å². The van der Waals surface area contributed by atoms with Gasteiger partial charge in [0.15, 0.2) is 0 Å². The Morgan fingerprint density at radius 3 is 2.37 bits per heavy atom. The SMILES string of the molecule is Cc1ccc(Nc2ccc(/N=N/c3ccc(O)cc3C)cc2)c([N+](=O)[O-])c1. The van der Waals surface area contributed by atoms with Crippen molar-refractivity contribution in [2.24, 2.45) is 10.2 Å². The number of phenolic OH excluding ortho intramolecular Hbond substituents is 1. The lowest BCUT2D eigenvalue weighted by Gasteiger charge is -2.08. The lowest BCUT2D eigenvalue weighted by molar-refractivity contribution is -0.384. The van der Waals surface area contributed by atoms with Crippen LogP contribution in [-0.4, -0.2) is 10.0 Å². The molecular weight excluding hydrogens is 344 g/mol. The molecule has 0 saturated carbocycles. The normalized spacial score (nSPS) is 10.9. The van der Waals surface area contributed by atoms with E-state index in [-0.39, 0.29) is 11.4 Å². The molecule has 0 aliphatic rings. The van der Waals surface area contributed by atoms with Gasteiger partial charge in [-0.15, -0.1) is 0 Å². The van der Waals surface area contributed by atoms with Crippen LogP contribution in [-0.2, 0) is 0 Å². The number of hydrogen-bond acceptors (Lipinski definition) is 6. The van der Waals surface area contributed by atoms with Crippen molar-refractivity contribution in [3.63, 3.8) is 0 Å². The monoisotopic (exact) mass is 362 g/mol. The molecule has 136 valence electrons. The first-order chi connectivity index (χ1) is 12.9. The number of anilines is 2. The van der Waals surface area contributed by atoms with Gasteiger partial charge in [-0.3, -0.25) is 10.1 Å². The van der Waals surface area contributed by atoms with E-state index in [1.54, 1.807) is 48.5 Å². The van der Waals surface area contributed by atoms with E-state index in [2.05, 4.69) is 15.5 Å². The third-order valence-electron chi connectivity index (χ3n) is 3.95. The number of nitro groups is 1. The number of benzene rings is 3. The number of aryl methyl sites for hydroxylation is 2. The van der Waals surface area contributed by atoms with Gasteiger partial charge in [0.2, 0.25) is 0 Å². The number of nitro benzene ring substituents is 1. The quantitative estimate of drug-likeness (QED) is 0.326. The van der Waals surface area contributed by atoms with Gasteiger partial charge in [-0.1, -0.05) is 6.07 Å². The Hall–Kier alpha value is -3.74. The zero-order chi connectivity index (χ0) is 19.4. The van der Waals surface area contributed by atoms with Crippen LogP contribution in [0.5, 0.6) is 5.75 Å². The van der Waals surface area contributed by atoms with Gasteiger partial charge in [-0.25, -0.2) is 0 Å². The topological polar surface area (TPSA) is 100 Å². The standard InChI is InChI=1S/C20H18N4O3/c1-13-3-9-19(20(11-13)24(26)27)21-15-4-6-16(7-5-15)22-23-18-10-8-17(25)12-14(18)2/h3-12,21,25H,1-2H3/b23-22+. The molecule has 3 rings (SSSR count). The largest absolute Gasteiger partial charge is 0.508 e.